The highest BCUT2D eigenvalue weighted by Crippen LogP contribution is 2.36. The summed E-state index contributed by atoms with van der Waals surface area (Å²) in [7, 11) is 2.96. The molecule has 0 aliphatic carbocycles. The van der Waals surface area contributed by atoms with Crippen molar-refractivity contribution in [2.24, 2.45) is 5.10 Å². The molecule has 3 rings (SSSR count). The number of ether oxygens (including phenoxy) is 4. The van der Waals surface area contributed by atoms with Crippen molar-refractivity contribution in [3.05, 3.63) is 86.4 Å². The summed E-state index contributed by atoms with van der Waals surface area (Å²) in [6.07, 6.45) is 1.41. The second-order valence-electron chi connectivity index (χ2n) is 7.24. The number of hydrazone groups is 1. The molecule has 36 heavy (non-hydrogen) atoms. The van der Waals surface area contributed by atoms with Gasteiger partial charge in [-0.15, -0.1) is 0 Å². The second-order valence-corrected chi connectivity index (χ2v) is 7.65. The molecule has 0 heterocycles. The number of non-ortho nitro benzene ring substituents is 1. The maximum absolute atomic E-state index is 12.5. The highest BCUT2D eigenvalue weighted by Gasteiger charge is 2.14. The molecule has 0 atom stereocenters. The van der Waals surface area contributed by atoms with Gasteiger partial charge in [-0.1, -0.05) is 11.6 Å². The van der Waals surface area contributed by atoms with E-state index in [0.717, 1.165) is 5.56 Å². The van der Waals surface area contributed by atoms with E-state index in [9.17, 15) is 14.9 Å². The number of nitrogens with zero attached hydrogens (tertiary/aromatic N) is 2. The summed E-state index contributed by atoms with van der Waals surface area (Å²) in [5.41, 5.74) is 4.07. The van der Waals surface area contributed by atoms with E-state index < -0.39 is 10.8 Å². The van der Waals surface area contributed by atoms with Crippen LogP contribution < -0.4 is 24.4 Å². The van der Waals surface area contributed by atoms with Crippen molar-refractivity contribution in [1.82, 2.24) is 5.43 Å². The highest BCUT2D eigenvalue weighted by atomic mass is 35.5. The molecule has 188 valence electrons. The van der Waals surface area contributed by atoms with E-state index in [-0.39, 0.29) is 17.3 Å². The van der Waals surface area contributed by atoms with Crippen LogP contribution in [0.15, 0.2) is 59.7 Å². The van der Waals surface area contributed by atoms with E-state index in [4.69, 9.17) is 30.5 Å². The maximum Gasteiger partial charge on any atom is 0.271 e. The maximum atomic E-state index is 12.5. The minimum Gasteiger partial charge on any atom is -0.493 e. The Kier molecular flexibility index (Phi) is 9.07. The quantitative estimate of drug-likeness (QED) is 0.217. The number of benzene rings is 3. The fraction of sp³-hybridized carbons (Fsp3) is 0.200. The molecule has 0 radical (unpaired) electrons. The summed E-state index contributed by atoms with van der Waals surface area (Å²) in [5.74, 6) is 1.20. The average molecular weight is 514 g/mol. The van der Waals surface area contributed by atoms with Crippen molar-refractivity contribution in [3.63, 3.8) is 0 Å². The van der Waals surface area contributed by atoms with Gasteiger partial charge in [-0.05, 0) is 60.5 Å². The van der Waals surface area contributed by atoms with Crippen molar-refractivity contribution in [1.29, 1.82) is 0 Å². The van der Waals surface area contributed by atoms with Gasteiger partial charge in [-0.3, -0.25) is 14.9 Å². The van der Waals surface area contributed by atoms with Gasteiger partial charge in [0.05, 0.1) is 37.0 Å². The predicted octanol–water partition coefficient (Wildman–Crippen LogP) is 5.01. The van der Waals surface area contributed by atoms with E-state index in [1.54, 1.807) is 42.5 Å². The molecule has 11 heteroatoms. The van der Waals surface area contributed by atoms with E-state index in [1.807, 2.05) is 6.92 Å². The van der Waals surface area contributed by atoms with E-state index in [2.05, 4.69) is 10.5 Å². The molecule has 0 saturated heterocycles. The number of nitrogens with one attached hydrogen (secondary N) is 1. The summed E-state index contributed by atoms with van der Waals surface area (Å²) >= 11 is 6.39. The summed E-state index contributed by atoms with van der Waals surface area (Å²) in [6.45, 7) is 2.45. The predicted molar refractivity (Wildman–Crippen MR) is 135 cm³/mol. The van der Waals surface area contributed by atoms with Crippen molar-refractivity contribution in [3.8, 4) is 23.0 Å². The molecule has 0 unspecified atom stereocenters. The van der Waals surface area contributed by atoms with Crippen LogP contribution in [-0.4, -0.2) is 37.9 Å². The fourth-order valence-electron chi connectivity index (χ4n) is 3.14. The Morgan fingerprint density at radius 2 is 1.75 bits per heavy atom. The first-order valence-corrected chi connectivity index (χ1v) is 11.1. The Balaban J connectivity index is 1.67. The molecule has 0 aromatic heterocycles. The largest absolute Gasteiger partial charge is 0.493 e. The van der Waals surface area contributed by atoms with Gasteiger partial charge in [0, 0.05) is 17.7 Å². The number of methoxy groups -OCH3 is 2. The number of halogens is 1. The van der Waals surface area contributed by atoms with Gasteiger partial charge in [0.1, 0.15) is 6.61 Å². The molecule has 10 nitrogen and oxygen atoms in total. The molecule has 3 aromatic carbocycles. The third-order valence-corrected chi connectivity index (χ3v) is 5.17. The number of nitro benzene ring substituents is 1. The zero-order valence-electron chi connectivity index (χ0n) is 19.8. The van der Waals surface area contributed by atoms with Crippen LogP contribution in [0, 0.1) is 10.1 Å². The normalized spacial score (nSPS) is 10.7. The number of hydrogen-bond donors (Lipinski definition) is 1. The Labute approximate surface area is 212 Å². The standard InChI is InChI=1S/C25H24ClN3O7/c1-4-35-21-10-7-18(13-22(21)33-2)25(30)28-27-14-17-11-20(26)24(23(12-17)34-3)36-15-16-5-8-19(9-6-16)29(31)32/h5-14H,4,15H2,1-3H3,(H,28,30)/b27-14+. The molecule has 0 bridgehead atoms. The number of rotatable bonds is 11. The Morgan fingerprint density at radius 3 is 2.39 bits per heavy atom. The zero-order valence-corrected chi connectivity index (χ0v) is 20.6. The number of hydrogen-bond acceptors (Lipinski definition) is 8. The lowest BCUT2D eigenvalue weighted by Crippen LogP contribution is -2.17. The van der Waals surface area contributed by atoms with Gasteiger partial charge in [-0.2, -0.15) is 5.10 Å². The lowest BCUT2D eigenvalue weighted by Gasteiger charge is -2.13. The third kappa shape index (κ3) is 6.63. The third-order valence-electron chi connectivity index (χ3n) is 4.89. The molecular formula is C25H24ClN3O7. The van der Waals surface area contributed by atoms with Crippen molar-refractivity contribution in [2.75, 3.05) is 20.8 Å². The first kappa shape index (κ1) is 26.3. The molecule has 3 aromatic rings. The van der Waals surface area contributed by atoms with Gasteiger partial charge in [0.25, 0.3) is 11.6 Å². The number of carbonyl (C=O) groups is 1. The average Bonchev–Trinajstić information content (AvgIpc) is 2.88. The van der Waals surface area contributed by atoms with Gasteiger partial charge in [0.2, 0.25) is 0 Å². The molecule has 1 amide bonds. The first-order valence-electron chi connectivity index (χ1n) is 10.7. The molecule has 0 spiro atoms. The SMILES string of the molecule is CCOc1ccc(C(=O)N/N=C/c2cc(Cl)c(OCc3ccc([N+](=O)[O-])cc3)c(OC)c2)cc1OC. The minimum absolute atomic E-state index is 0.00763. The fourth-order valence-corrected chi connectivity index (χ4v) is 3.41. The zero-order chi connectivity index (χ0) is 26.1. The lowest BCUT2D eigenvalue weighted by molar-refractivity contribution is -0.384. The Bertz CT molecular complexity index is 1260. The summed E-state index contributed by atoms with van der Waals surface area (Å²) in [5, 5.41) is 15.0. The van der Waals surface area contributed by atoms with Crippen LogP contribution in [0.3, 0.4) is 0 Å². The van der Waals surface area contributed by atoms with Crippen LogP contribution in [0.1, 0.15) is 28.4 Å². The topological polar surface area (TPSA) is 122 Å². The summed E-state index contributed by atoms with van der Waals surface area (Å²) in [4.78, 5) is 22.8. The van der Waals surface area contributed by atoms with E-state index in [1.165, 1.54) is 32.6 Å². The smallest absolute Gasteiger partial charge is 0.271 e. The molecular weight excluding hydrogens is 490 g/mol. The van der Waals surface area contributed by atoms with E-state index in [0.29, 0.717) is 40.7 Å². The van der Waals surface area contributed by atoms with Gasteiger partial charge >= 0.3 is 0 Å². The monoisotopic (exact) mass is 513 g/mol. The van der Waals surface area contributed by atoms with Crippen LogP contribution in [-0.2, 0) is 6.61 Å². The van der Waals surface area contributed by atoms with Gasteiger partial charge in [-0.25, -0.2) is 5.43 Å². The van der Waals surface area contributed by atoms with Crippen LogP contribution in [0.5, 0.6) is 23.0 Å². The van der Waals surface area contributed by atoms with Crippen LogP contribution in [0.2, 0.25) is 5.02 Å². The van der Waals surface area contributed by atoms with Gasteiger partial charge in [0.15, 0.2) is 23.0 Å². The molecule has 1 N–H and O–H groups in total. The number of amides is 1. The summed E-state index contributed by atoms with van der Waals surface area (Å²) < 4.78 is 21.9. The first-order chi connectivity index (χ1) is 17.4. The Morgan fingerprint density at radius 1 is 1.03 bits per heavy atom. The van der Waals surface area contributed by atoms with Crippen molar-refractivity contribution in [2.45, 2.75) is 13.5 Å². The second kappa shape index (κ2) is 12.4. The van der Waals surface area contributed by atoms with Crippen molar-refractivity contribution < 1.29 is 28.7 Å². The van der Waals surface area contributed by atoms with Crippen LogP contribution in [0.25, 0.3) is 0 Å². The van der Waals surface area contributed by atoms with Crippen LogP contribution >= 0.6 is 11.6 Å². The number of nitro groups is 1. The molecule has 0 aliphatic rings. The van der Waals surface area contributed by atoms with E-state index >= 15 is 0 Å². The van der Waals surface area contributed by atoms with Crippen LogP contribution in [0.4, 0.5) is 5.69 Å². The molecule has 0 aliphatic heterocycles. The minimum atomic E-state index is -0.470. The molecule has 0 fully saturated rings. The highest BCUT2D eigenvalue weighted by molar-refractivity contribution is 6.32. The Hall–Kier alpha value is -4.31. The lowest BCUT2D eigenvalue weighted by atomic mass is 10.2. The van der Waals surface area contributed by atoms with Crippen molar-refractivity contribution >= 4 is 29.4 Å². The summed E-state index contributed by atoms with van der Waals surface area (Å²) in [6, 6.07) is 14.1. The van der Waals surface area contributed by atoms with Gasteiger partial charge < -0.3 is 18.9 Å². The molecule has 0 saturated carbocycles. The number of carbonyl (C=O) groups excluding carboxylic acids is 1.